The molecule has 3 N–H and O–H groups in total. The van der Waals surface area contributed by atoms with Crippen molar-refractivity contribution < 1.29 is 23.5 Å². The molecule has 1 unspecified atom stereocenters. The SMILES string of the molecule is NC(=O)c1cccc(C2C[C@H]3CC[C@@H](C2)N3CCN(Cc2c(F)cccc2F)C(=O)C2CCC(O)CC2)c1. The number of nitrogens with zero attached hydrogens (tertiary/aromatic N) is 2. The van der Waals surface area contributed by atoms with E-state index in [1.165, 1.54) is 18.2 Å². The number of fused-ring (bicyclic) bond motifs is 2. The second kappa shape index (κ2) is 11.5. The molecule has 204 valence electrons. The molecule has 0 radical (unpaired) electrons. The average Bonchev–Trinajstić information content (AvgIpc) is 3.14. The van der Waals surface area contributed by atoms with Crippen LogP contribution in [0.25, 0.3) is 0 Å². The van der Waals surface area contributed by atoms with Crippen LogP contribution < -0.4 is 5.73 Å². The quantitative estimate of drug-likeness (QED) is 0.537. The van der Waals surface area contributed by atoms with Gasteiger partial charge in [-0.15, -0.1) is 0 Å². The van der Waals surface area contributed by atoms with E-state index >= 15 is 0 Å². The Morgan fingerprint density at radius 3 is 2.21 bits per heavy atom. The Labute approximate surface area is 222 Å². The van der Waals surface area contributed by atoms with Gasteiger partial charge in [-0.25, -0.2) is 8.78 Å². The number of nitrogens with two attached hydrogens (primary N) is 1. The molecular weight excluding hydrogens is 488 g/mol. The summed E-state index contributed by atoms with van der Waals surface area (Å²) in [6, 6.07) is 12.1. The third-order valence-electron chi connectivity index (χ3n) is 8.92. The van der Waals surface area contributed by atoms with E-state index in [0.717, 1.165) is 31.2 Å². The summed E-state index contributed by atoms with van der Waals surface area (Å²) in [5, 5.41) is 9.89. The largest absolute Gasteiger partial charge is 0.393 e. The molecule has 2 bridgehead atoms. The topological polar surface area (TPSA) is 86.9 Å². The monoisotopic (exact) mass is 525 g/mol. The Morgan fingerprint density at radius 2 is 1.58 bits per heavy atom. The molecule has 2 saturated heterocycles. The van der Waals surface area contributed by atoms with Gasteiger partial charge in [-0.05, 0) is 87.1 Å². The third-order valence-corrected chi connectivity index (χ3v) is 8.92. The van der Waals surface area contributed by atoms with E-state index < -0.39 is 17.5 Å². The van der Waals surface area contributed by atoms with Crippen molar-refractivity contribution in [3.05, 3.63) is 70.8 Å². The number of aliphatic hydroxyl groups excluding tert-OH is 1. The maximum atomic E-state index is 14.5. The first-order valence-corrected chi connectivity index (χ1v) is 13.9. The highest BCUT2D eigenvalue weighted by molar-refractivity contribution is 5.92. The average molecular weight is 526 g/mol. The zero-order chi connectivity index (χ0) is 26.8. The number of piperidine rings is 1. The third kappa shape index (κ3) is 5.76. The molecule has 2 heterocycles. The molecule has 2 aromatic carbocycles. The Kier molecular flexibility index (Phi) is 8.09. The van der Waals surface area contributed by atoms with Crippen molar-refractivity contribution in [3.8, 4) is 0 Å². The highest BCUT2D eigenvalue weighted by Crippen LogP contribution is 2.43. The zero-order valence-electron chi connectivity index (χ0n) is 21.7. The van der Waals surface area contributed by atoms with E-state index in [1.807, 2.05) is 12.1 Å². The van der Waals surface area contributed by atoms with Crippen LogP contribution in [0.15, 0.2) is 42.5 Å². The van der Waals surface area contributed by atoms with Crippen LogP contribution >= 0.6 is 0 Å². The zero-order valence-corrected chi connectivity index (χ0v) is 21.7. The van der Waals surface area contributed by atoms with Crippen LogP contribution in [-0.2, 0) is 11.3 Å². The number of hydrogen-bond acceptors (Lipinski definition) is 4. The molecule has 2 amide bonds. The van der Waals surface area contributed by atoms with Gasteiger partial charge in [-0.3, -0.25) is 14.5 Å². The highest BCUT2D eigenvalue weighted by atomic mass is 19.1. The lowest BCUT2D eigenvalue weighted by molar-refractivity contribution is -0.138. The normalized spacial score (nSPS) is 27.3. The van der Waals surface area contributed by atoms with E-state index in [2.05, 4.69) is 11.0 Å². The maximum absolute atomic E-state index is 14.5. The first kappa shape index (κ1) is 26.8. The van der Waals surface area contributed by atoms with Gasteiger partial charge in [0.25, 0.3) is 0 Å². The predicted octanol–water partition coefficient (Wildman–Crippen LogP) is 4.35. The molecule has 8 heteroatoms. The Balaban J connectivity index is 1.28. The first-order valence-electron chi connectivity index (χ1n) is 13.9. The molecule has 3 fully saturated rings. The fraction of sp³-hybridized carbons (Fsp3) is 0.533. The van der Waals surface area contributed by atoms with Gasteiger partial charge in [-0.1, -0.05) is 18.2 Å². The highest BCUT2D eigenvalue weighted by Gasteiger charge is 2.41. The van der Waals surface area contributed by atoms with E-state index in [1.54, 1.807) is 11.0 Å². The number of primary amides is 1. The number of rotatable bonds is 8. The minimum Gasteiger partial charge on any atom is -0.393 e. The Bertz CT molecular complexity index is 1130. The summed E-state index contributed by atoms with van der Waals surface area (Å²) in [6.07, 6.45) is 6.05. The molecule has 3 aliphatic rings. The molecule has 5 rings (SSSR count). The molecule has 1 saturated carbocycles. The number of benzene rings is 2. The number of halogens is 2. The van der Waals surface area contributed by atoms with Crippen LogP contribution in [0.3, 0.4) is 0 Å². The van der Waals surface area contributed by atoms with Gasteiger partial charge < -0.3 is 15.7 Å². The van der Waals surface area contributed by atoms with Crippen LogP contribution in [-0.4, -0.2) is 58.0 Å². The van der Waals surface area contributed by atoms with Gasteiger partial charge in [0.05, 0.1) is 12.6 Å². The Hall–Kier alpha value is -2.84. The molecule has 0 aromatic heterocycles. The number of aliphatic hydroxyl groups is 1. The molecule has 1 aliphatic carbocycles. The lowest BCUT2D eigenvalue weighted by atomic mass is 9.84. The van der Waals surface area contributed by atoms with Crippen LogP contribution in [0.4, 0.5) is 8.78 Å². The minimum absolute atomic E-state index is 0.0762. The van der Waals surface area contributed by atoms with Gasteiger partial charge in [0.15, 0.2) is 0 Å². The fourth-order valence-electron chi connectivity index (χ4n) is 6.82. The second-order valence-electron chi connectivity index (χ2n) is 11.2. The second-order valence-corrected chi connectivity index (χ2v) is 11.2. The lowest BCUT2D eigenvalue weighted by Gasteiger charge is -2.40. The van der Waals surface area contributed by atoms with E-state index in [9.17, 15) is 23.5 Å². The number of carbonyl (C=O) groups is 2. The van der Waals surface area contributed by atoms with E-state index in [4.69, 9.17) is 5.73 Å². The summed E-state index contributed by atoms with van der Waals surface area (Å²) < 4.78 is 29.1. The molecule has 6 nitrogen and oxygen atoms in total. The van der Waals surface area contributed by atoms with Crippen molar-refractivity contribution in [1.82, 2.24) is 9.80 Å². The fourth-order valence-corrected chi connectivity index (χ4v) is 6.82. The maximum Gasteiger partial charge on any atom is 0.248 e. The van der Waals surface area contributed by atoms with Crippen molar-refractivity contribution >= 4 is 11.8 Å². The molecule has 38 heavy (non-hydrogen) atoms. The summed E-state index contributed by atoms with van der Waals surface area (Å²) >= 11 is 0. The Morgan fingerprint density at radius 1 is 0.947 bits per heavy atom. The van der Waals surface area contributed by atoms with Crippen LogP contribution in [0, 0.1) is 17.6 Å². The minimum atomic E-state index is -0.638. The van der Waals surface area contributed by atoms with E-state index in [-0.39, 0.29) is 30.0 Å². The summed E-state index contributed by atoms with van der Waals surface area (Å²) in [5.41, 5.74) is 7.09. The van der Waals surface area contributed by atoms with Crippen molar-refractivity contribution in [1.29, 1.82) is 0 Å². The molecule has 3 atom stereocenters. The molecule has 0 spiro atoms. The van der Waals surface area contributed by atoms with Crippen molar-refractivity contribution in [2.75, 3.05) is 13.1 Å². The lowest BCUT2D eigenvalue weighted by Crippen LogP contribution is -2.48. The van der Waals surface area contributed by atoms with Gasteiger partial charge in [0, 0.05) is 42.2 Å². The number of amides is 2. The van der Waals surface area contributed by atoms with Crippen molar-refractivity contribution in [2.24, 2.45) is 11.7 Å². The molecule has 2 aromatic rings. The number of carbonyl (C=O) groups excluding carboxylic acids is 2. The van der Waals surface area contributed by atoms with Gasteiger partial charge in [0.2, 0.25) is 11.8 Å². The van der Waals surface area contributed by atoms with Gasteiger partial charge >= 0.3 is 0 Å². The van der Waals surface area contributed by atoms with Crippen LogP contribution in [0.2, 0.25) is 0 Å². The molecular formula is C30H37F2N3O3. The van der Waals surface area contributed by atoms with Crippen LogP contribution in [0.1, 0.15) is 78.8 Å². The smallest absolute Gasteiger partial charge is 0.248 e. The van der Waals surface area contributed by atoms with Gasteiger partial charge in [0.1, 0.15) is 11.6 Å². The summed E-state index contributed by atoms with van der Waals surface area (Å²) in [4.78, 5) is 29.3. The van der Waals surface area contributed by atoms with E-state index in [0.29, 0.717) is 62.3 Å². The number of hydrogen-bond donors (Lipinski definition) is 2. The van der Waals surface area contributed by atoms with Crippen molar-refractivity contribution in [2.45, 2.75) is 82.0 Å². The summed E-state index contributed by atoms with van der Waals surface area (Å²) in [6.45, 7) is 0.961. The van der Waals surface area contributed by atoms with Gasteiger partial charge in [-0.2, -0.15) is 0 Å². The predicted molar refractivity (Wildman–Crippen MR) is 140 cm³/mol. The van der Waals surface area contributed by atoms with Crippen LogP contribution in [0.5, 0.6) is 0 Å². The molecule has 2 aliphatic heterocycles. The standard InChI is InChI=1S/C30H37F2N3O3/c31-27-5-2-6-28(32)26(27)18-34(30(38)19-7-11-25(36)12-8-19)13-14-35-23-9-10-24(35)17-22(16-23)20-3-1-4-21(15-20)29(33)37/h1-6,15,19,22-25,36H,7-14,16-18H2,(H2,33,37)/t19?,22?,23-,24+,25?. The summed E-state index contributed by atoms with van der Waals surface area (Å²) in [7, 11) is 0. The summed E-state index contributed by atoms with van der Waals surface area (Å²) in [5.74, 6) is -1.65. The van der Waals surface area contributed by atoms with Crippen molar-refractivity contribution in [3.63, 3.8) is 0 Å². The first-order chi connectivity index (χ1) is 18.3.